The lowest BCUT2D eigenvalue weighted by Crippen LogP contribution is -2.05. The summed E-state index contributed by atoms with van der Waals surface area (Å²) in [5, 5.41) is 11.1. The largest absolute Gasteiger partial charge is 0.459 e. The highest BCUT2D eigenvalue weighted by Crippen LogP contribution is 1.81. The van der Waals surface area contributed by atoms with Crippen LogP contribution in [0.15, 0.2) is 5.10 Å². The Kier molecular flexibility index (Phi) is 4.69. The van der Waals surface area contributed by atoms with Gasteiger partial charge in [0.2, 0.25) is 0 Å². The van der Waals surface area contributed by atoms with Crippen molar-refractivity contribution in [2.45, 2.75) is 6.42 Å². The number of carbonyl (C=O) groups is 1. The molecule has 0 aliphatic rings. The van der Waals surface area contributed by atoms with Gasteiger partial charge in [0.1, 0.15) is 13.0 Å². The van der Waals surface area contributed by atoms with Crippen LogP contribution < -0.4 is 5.84 Å². The average Bonchev–Trinajstić information content (AvgIpc) is 1.89. The van der Waals surface area contributed by atoms with E-state index in [1.165, 1.54) is 6.21 Å². The number of hydrogen-bond acceptors (Lipinski definition) is 5. The topological polar surface area (TPSA) is 88.5 Å². The Bertz CT molecular complexity index is 170. The van der Waals surface area contributed by atoms with Gasteiger partial charge >= 0.3 is 5.97 Å². The van der Waals surface area contributed by atoms with Gasteiger partial charge in [-0.15, -0.1) is 0 Å². The third-order valence-electron chi connectivity index (χ3n) is 0.648. The molecule has 0 heterocycles. The van der Waals surface area contributed by atoms with E-state index in [9.17, 15) is 4.79 Å². The molecular formula is C5H7N3O2. The SMILES string of the molecule is N#CCC(=O)OCC=NN. The molecule has 0 atom stereocenters. The summed E-state index contributed by atoms with van der Waals surface area (Å²) in [6.07, 6.45) is 0.994. The zero-order chi connectivity index (χ0) is 7.82. The number of carbonyl (C=O) groups excluding carboxylic acids is 1. The van der Waals surface area contributed by atoms with Gasteiger partial charge in [0, 0.05) is 0 Å². The van der Waals surface area contributed by atoms with Crippen LogP contribution in [-0.2, 0) is 9.53 Å². The Balaban J connectivity index is 3.33. The fourth-order valence-corrected chi connectivity index (χ4v) is 0.289. The molecule has 0 aromatic rings. The van der Waals surface area contributed by atoms with E-state index in [-0.39, 0.29) is 13.0 Å². The molecule has 0 aliphatic heterocycles. The van der Waals surface area contributed by atoms with Crippen LogP contribution in [0.5, 0.6) is 0 Å². The molecule has 10 heavy (non-hydrogen) atoms. The molecule has 0 saturated heterocycles. The maximum atomic E-state index is 10.4. The molecule has 0 fully saturated rings. The molecule has 0 aliphatic carbocycles. The molecule has 0 amide bonds. The molecule has 0 radical (unpaired) electrons. The highest BCUT2D eigenvalue weighted by atomic mass is 16.5. The third kappa shape index (κ3) is 4.59. The van der Waals surface area contributed by atoms with Crippen LogP contribution in [-0.4, -0.2) is 18.8 Å². The van der Waals surface area contributed by atoms with E-state index in [2.05, 4.69) is 9.84 Å². The molecule has 0 aromatic carbocycles. The van der Waals surface area contributed by atoms with Crippen LogP contribution in [0.3, 0.4) is 0 Å². The van der Waals surface area contributed by atoms with Crippen LogP contribution in [0.1, 0.15) is 6.42 Å². The van der Waals surface area contributed by atoms with Gasteiger partial charge in [-0.25, -0.2) is 0 Å². The van der Waals surface area contributed by atoms with Gasteiger partial charge in [-0.1, -0.05) is 0 Å². The summed E-state index contributed by atoms with van der Waals surface area (Å²) in [5.41, 5.74) is 0. The molecule has 5 heteroatoms. The number of nitrogens with two attached hydrogens (primary N) is 1. The number of rotatable bonds is 3. The lowest BCUT2D eigenvalue weighted by Gasteiger charge is -1.93. The summed E-state index contributed by atoms with van der Waals surface area (Å²) in [5.74, 6) is 4.13. The van der Waals surface area contributed by atoms with Gasteiger partial charge < -0.3 is 10.6 Å². The summed E-state index contributed by atoms with van der Waals surface area (Å²) in [4.78, 5) is 10.4. The Hall–Kier alpha value is -1.57. The Labute approximate surface area is 58.1 Å². The Morgan fingerprint density at radius 2 is 2.60 bits per heavy atom. The quantitative estimate of drug-likeness (QED) is 0.245. The van der Waals surface area contributed by atoms with Gasteiger partial charge in [0.05, 0.1) is 12.3 Å². The van der Waals surface area contributed by atoms with Crippen LogP contribution in [0.25, 0.3) is 0 Å². The minimum atomic E-state index is -0.567. The molecule has 0 saturated carbocycles. The molecule has 5 nitrogen and oxygen atoms in total. The zero-order valence-corrected chi connectivity index (χ0v) is 5.28. The molecule has 54 valence electrons. The van der Waals surface area contributed by atoms with Crippen LogP contribution in [0.2, 0.25) is 0 Å². The zero-order valence-electron chi connectivity index (χ0n) is 5.28. The fourth-order valence-electron chi connectivity index (χ4n) is 0.289. The lowest BCUT2D eigenvalue weighted by atomic mass is 10.5. The second kappa shape index (κ2) is 5.56. The summed E-state index contributed by atoms with van der Waals surface area (Å²) in [6, 6.07) is 1.64. The van der Waals surface area contributed by atoms with Crippen molar-refractivity contribution >= 4 is 12.2 Å². The first kappa shape index (κ1) is 8.43. The first-order valence-corrected chi connectivity index (χ1v) is 2.55. The normalized spacial score (nSPS) is 9.10. The molecule has 0 spiro atoms. The molecule has 0 unspecified atom stereocenters. The van der Waals surface area contributed by atoms with Crippen molar-refractivity contribution in [1.82, 2.24) is 0 Å². The van der Waals surface area contributed by atoms with E-state index in [1.807, 2.05) is 0 Å². The highest BCUT2D eigenvalue weighted by molar-refractivity contribution is 5.74. The van der Waals surface area contributed by atoms with Gasteiger partial charge in [0.15, 0.2) is 0 Å². The van der Waals surface area contributed by atoms with E-state index in [1.54, 1.807) is 6.07 Å². The summed E-state index contributed by atoms with van der Waals surface area (Å²) in [7, 11) is 0. The molecule has 2 N–H and O–H groups in total. The Morgan fingerprint density at radius 1 is 1.90 bits per heavy atom. The second-order valence-electron chi connectivity index (χ2n) is 1.35. The van der Waals surface area contributed by atoms with Crippen molar-refractivity contribution < 1.29 is 9.53 Å². The van der Waals surface area contributed by atoms with E-state index >= 15 is 0 Å². The molecular weight excluding hydrogens is 134 g/mol. The number of nitrogens with zero attached hydrogens (tertiary/aromatic N) is 2. The van der Waals surface area contributed by atoms with Crippen molar-refractivity contribution in [3.05, 3.63) is 0 Å². The van der Waals surface area contributed by atoms with E-state index < -0.39 is 5.97 Å². The smallest absolute Gasteiger partial charge is 0.320 e. The van der Waals surface area contributed by atoms with Gasteiger partial charge in [-0.3, -0.25) is 4.79 Å². The Morgan fingerprint density at radius 3 is 3.10 bits per heavy atom. The summed E-state index contributed by atoms with van der Waals surface area (Å²) in [6.45, 7) is 0.0248. The standard InChI is InChI=1S/C5H7N3O2/c6-2-1-5(9)10-4-3-8-7/h3H,1,4,7H2. The van der Waals surface area contributed by atoms with E-state index in [4.69, 9.17) is 11.1 Å². The average molecular weight is 141 g/mol. The molecule has 0 aromatic heterocycles. The van der Waals surface area contributed by atoms with Crippen molar-refractivity contribution in [2.75, 3.05) is 6.61 Å². The minimum Gasteiger partial charge on any atom is -0.459 e. The number of esters is 1. The number of hydrogen-bond donors (Lipinski definition) is 1. The van der Waals surface area contributed by atoms with Crippen molar-refractivity contribution in [1.29, 1.82) is 5.26 Å². The monoisotopic (exact) mass is 141 g/mol. The van der Waals surface area contributed by atoms with Crippen molar-refractivity contribution in [2.24, 2.45) is 10.9 Å². The summed E-state index contributed by atoms with van der Waals surface area (Å²) < 4.78 is 4.43. The highest BCUT2D eigenvalue weighted by Gasteiger charge is 1.97. The van der Waals surface area contributed by atoms with Gasteiger partial charge in [-0.05, 0) is 0 Å². The van der Waals surface area contributed by atoms with E-state index in [0.717, 1.165) is 0 Å². The predicted molar refractivity (Wildman–Crippen MR) is 33.9 cm³/mol. The maximum Gasteiger partial charge on any atom is 0.320 e. The lowest BCUT2D eigenvalue weighted by molar-refractivity contribution is -0.140. The number of hydrazone groups is 1. The summed E-state index contributed by atoms with van der Waals surface area (Å²) >= 11 is 0. The van der Waals surface area contributed by atoms with Crippen molar-refractivity contribution in [3.63, 3.8) is 0 Å². The van der Waals surface area contributed by atoms with Crippen molar-refractivity contribution in [3.8, 4) is 6.07 Å². The second-order valence-corrected chi connectivity index (χ2v) is 1.35. The van der Waals surface area contributed by atoms with Crippen LogP contribution in [0.4, 0.5) is 0 Å². The predicted octanol–water partition coefficient (Wildman–Crippen LogP) is -0.612. The fraction of sp³-hybridized carbons (Fsp3) is 0.400. The van der Waals surface area contributed by atoms with Gasteiger partial charge in [-0.2, -0.15) is 10.4 Å². The van der Waals surface area contributed by atoms with Crippen LogP contribution >= 0.6 is 0 Å². The number of ether oxygens (including phenoxy) is 1. The number of nitriles is 1. The van der Waals surface area contributed by atoms with E-state index in [0.29, 0.717) is 0 Å². The third-order valence-corrected chi connectivity index (χ3v) is 0.648. The first-order chi connectivity index (χ1) is 4.81. The minimum absolute atomic E-state index is 0.0248. The van der Waals surface area contributed by atoms with Crippen LogP contribution in [0, 0.1) is 11.3 Å². The maximum absolute atomic E-state index is 10.4. The molecule has 0 bridgehead atoms. The first-order valence-electron chi connectivity index (χ1n) is 2.55. The van der Waals surface area contributed by atoms with Gasteiger partial charge in [0.25, 0.3) is 0 Å². The molecule has 0 rings (SSSR count).